The Bertz CT molecular complexity index is 1040. The lowest BCUT2D eigenvalue weighted by atomic mass is 10.0. The first-order valence-electron chi connectivity index (χ1n) is 10.7. The third kappa shape index (κ3) is 5.06. The van der Waals surface area contributed by atoms with Gasteiger partial charge in [-0.15, -0.1) is 0 Å². The molecule has 0 radical (unpaired) electrons. The second kappa shape index (κ2) is 9.49. The van der Waals surface area contributed by atoms with Crippen LogP contribution in [0.4, 0.5) is 0 Å². The van der Waals surface area contributed by atoms with Gasteiger partial charge in [-0.05, 0) is 43.7 Å². The summed E-state index contributed by atoms with van der Waals surface area (Å²) in [6.45, 7) is 10.1. The van der Waals surface area contributed by atoms with E-state index in [0.717, 1.165) is 60.6 Å². The number of nitrogens with one attached hydrogen (secondary N) is 1. The highest BCUT2D eigenvalue weighted by Crippen LogP contribution is 2.28. The third-order valence-electron chi connectivity index (χ3n) is 5.66. The minimum atomic E-state index is -0.139. The molecule has 0 aliphatic carbocycles. The summed E-state index contributed by atoms with van der Waals surface area (Å²) in [5.41, 5.74) is 2.22. The first kappa shape index (κ1) is 21.3. The van der Waals surface area contributed by atoms with Crippen molar-refractivity contribution in [3.63, 3.8) is 0 Å². The highest BCUT2D eigenvalue weighted by atomic mass is 16.5. The Hall–Kier alpha value is -2.90. The molecule has 1 fully saturated rings. The van der Waals surface area contributed by atoms with Gasteiger partial charge in [-0.2, -0.15) is 0 Å². The highest BCUT2D eigenvalue weighted by Gasteiger charge is 2.20. The molecular formula is C24H29N3O4. The van der Waals surface area contributed by atoms with E-state index in [1.165, 1.54) is 0 Å². The van der Waals surface area contributed by atoms with Gasteiger partial charge in [0.2, 0.25) is 0 Å². The molecule has 1 unspecified atom stereocenters. The van der Waals surface area contributed by atoms with Crippen LogP contribution in [0.2, 0.25) is 0 Å². The lowest BCUT2D eigenvalue weighted by molar-refractivity contribution is 0.0342. The van der Waals surface area contributed by atoms with Crippen LogP contribution in [0.25, 0.3) is 10.8 Å². The van der Waals surface area contributed by atoms with Gasteiger partial charge in [-0.1, -0.05) is 29.4 Å². The Kier molecular flexibility index (Phi) is 6.53. The number of benzene rings is 2. The average Bonchev–Trinajstić information content (AvgIpc) is 3.09. The van der Waals surface area contributed by atoms with E-state index in [1.807, 2.05) is 57.2 Å². The largest absolute Gasteiger partial charge is 0.488 e. The number of fused-ring (bicyclic) bond motifs is 1. The summed E-state index contributed by atoms with van der Waals surface area (Å²) in [6.07, 6.45) is 0. The predicted octanol–water partition coefficient (Wildman–Crippen LogP) is 3.47. The zero-order chi connectivity index (χ0) is 21.8. The van der Waals surface area contributed by atoms with Gasteiger partial charge in [0.1, 0.15) is 18.1 Å². The molecule has 31 heavy (non-hydrogen) atoms. The fourth-order valence-electron chi connectivity index (χ4n) is 3.89. The number of amides is 1. The second-order valence-electron chi connectivity index (χ2n) is 8.07. The van der Waals surface area contributed by atoms with Crippen LogP contribution in [-0.2, 0) is 11.3 Å². The normalized spacial score (nSPS) is 15.7. The van der Waals surface area contributed by atoms with E-state index < -0.39 is 0 Å². The number of carbonyl (C=O) groups is 1. The summed E-state index contributed by atoms with van der Waals surface area (Å²) < 4.78 is 16.8. The van der Waals surface area contributed by atoms with Crippen molar-refractivity contribution >= 4 is 16.7 Å². The maximum Gasteiger partial charge on any atom is 0.255 e. The highest BCUT2D eigenvalue weighted by molar-refractivity contribution is 6.01. The molecule has 164 valence electrons. The number of carbonyl (C=O) groups excluding carboxylic acids is 1. The number of nitrogens with zero attached hydrogens (tertiary/aromatic N) is 2. The number of hydrogen-bond acceptors (Lipinski definition) is 6. The van der Waals surface area contributed by atoms with Gasteiger partial charge in [0.15, 0.2) is 0 Å². The number of aryl methyl sites for hydroxylation is 2. The van der Waals surface area contributed by atoms with E-state index in [9.17, 15) is 4.79 Å². The first-order valence-corrected chi connectivity index (χ1v) is 10.7. The molecule has 1 atom stereocenters. The van der Waals surface area contributed by atoms with Gasteiger partial charge in [0.05, 0.1) is 30.0 Å². The fraction of sp³-hybridized carbons (Fsp3) is 0.417. The number of aromatic nitrogens is 1. The molecule has 1 saturated heterocycles. The van der Waals surface area contributed by atoms with Gasteiger partial charge in [0.25, 0.3) is 5.91 Å². The fourth-order valence-corrected chi connectivity index (χ4v) is 3.89. The SMILES string of the molecule is Cc1noc(C)c1COc1cc2ccccc2cc1C(=O)NC(C)CN1CCOCC1. The monoisotopic (exact) mass is 423 g/mol. The molecule has 1 amide bonds. The van der Waals surface area contributed by atoms with Crippen molar-refractivity contribution in [2.75, 3.05) is 32.8 Å². The van der Waals surface area contributed by atoms with E-state index in [2.05, 4.69) is 15.4 Å². The third-order valence-corrected chi connectivity index (χ3v) is 5.66. The minimum Gasteiger partial charge on any atom is -0.488 e. The van der Waals surface area contributed by atoms with Crippen molar-refractivity contribution in [3.05, 3.63) is 59.0 Å². The number of morpholine rings is 1. The van der Waals surface area contributed by atoms with Crippen molar-refractivity contribution < 1.29 is 18.8 Å². The van der Waals surface area contributed by atoms with Gasteiger partial charge < -0.3 is 19.3 Å². The molecule has 2 aromatic carbocycles. The Morgan fingerprint density at radius 1 is 1.19 bits per heavy atom. The molecule has 0 bridgehead atoms. The molecule has 1 N–H and O–H groups in total. The van der Waals surface area contributed by atoms with Gasteiger partial charge >= 0.3 is 0 Å². The van der Waals surface area contributed by atoms with Crippen molar-refractivity contribution in [2.45, 2.75) is 33.4 Å². The van der Waals surface area contributed by atoms with Crippen LogP contribution in [0.1, 0.15) is 34.3 Å². The maximum atomic E-state index is 13.2. The molecule has 2 heterocycles. The molecule has 3 aromatic rings. The van der Waals surface area contributed by atoms with Crippen LogP contribution < -0.4 is 10.1 Å². The number of ether oxygens (including phenoxy) is 2. The van der Waals surface area contributed by atoms with Crippen LogP contribution in [0.5, 0.6) is 5.75 Å². The lowest BCUT2D eigenvalue weighted by Gasteiger charge is -2.29. The quantitative estimate of drug-likeness (QED) is 0.627. The lowest BCUT2D eigenvalue weighted by Crippen LogP contribution is -2.46. The van der Waals surface area contributed by atoms with Crippen molar-refractivity contribution in [1.29, 1.82) is 0 Å². The van der Waals surface area contributed by atoms with Gasteiger partial charge in [-0.3, -0.25) is 9.69 Å². The van der Waals surface area contributed by atoms with Crippen LogP contribution in [0.3, 0.4) is 0 Å². The van der Waals surface area contributed by atoms with Gasteiger partial charge in [-0.25, -0.2) is 0 Å². The Balaban J connectivity index is 1.54. The molecule has 7 nitrogen and oxygen atoms in total. The van der Waals surface area contributed by atoms with E-state index in [1.54, 1.807) is 0 Å². The Labute approximate surface area is 182 Å². The molecule has 4 rings (SSSR count). The standard InChI is InChI=1S/C24H29N3O4/c1-16(14-27-8-10-29-11-9-27)25-24(28)21-12-19-6-4-5-7-20(19)13-23(21)30-15-22-17(2)26-31-18(22)3/h4-7,12-13,16H,8-11,14-15H2,1-3H3,(H,25,28). The van der Waals surface area contributed by atoms with Gasteiger partial charge in [0, 0.05) is 25.7 Å². The number of hydrogen-bond donors (Lipinski definition) is 1. The van der Waals surface area contributed by atoms with Crippen LogP contribution in [0, 0.1) is 13.8 Å². The number of rotatable bonds is 7. The smallest absolute Gasteiger partial charge is 0.255 e. The molecule has 1 aromatic heterocycles. The topological polar surface area (TPSA) is 76.8 Å². The van der Waals surface area contributed by atoms with Crippen molar-refractivity contribution in [3.8, 4) is 5.75 Å². The molecular weight excluding hydrogens is 394 g/mol. The second-order valence-corrected chi connectivity index (χ2v) is 8.07. The minimum absolute atomic E-state index is 0.00693. The van der Waals surface area contributed by atoms with E-state index in [0.29, 0.717) is 17.9 Å². The summed E-state index contributed by atoms with van der Waals surface area (Å²) in [4.78, 5) is 15.5. The Morgan fingerprint density at radius 2 is 1.90 bits per heavy atom. The van der Waals surface area contributed by atoms with E-state index >= 15 is 0 Å². The van der Waals surface area contributed by atoms with Crippen molar-refractivity contribution in [1.82, 2.24) is 15.4 Å². The summed E-state index contributed by atoms with van der Waals surface area (Å²) in [5.74, 6) is 1.14. The van der Waals surface area contributed by atoms with Crippen LogP contribution in [-0.4, -0.2) is 54.9 Å². The summed E-state index contributed by atoms with van der Waals surface area (Å²) in [6, 6.07) is 11.8. The average molecular weight is 424 g/mol. The Morgan fingerprint density at radius 3 is 2.58 bits per heavy atom. The first-order chi connectivity index (χ1) is 15.0. The van der Waals surface area contributed by atoms with Crippen LogP contribution in [0.15, 0.2) is 40.9 Å². The summed E-state index contributed by atoms with van der Waals surface area (Å²) in [5, 5.41) is 9.14. The van der Waals surface area contributed by atoms with E-state index in [4.69, 9.17) is 14.0 Å². The zero-order valence-corrected chi connectivity index (χ0v) is 18.3. The van der Waals surface area contributed by atoms with E-state index in [-0.39, 0.29) is 11.9 Å². The molecule has 1 aliphatic heterocycles. The molecule has 1 aliphatic rings. The van der Waals surface area contributed by atoms with Crippen molar-refractivity contribution in [2.24, 2.45) is 0 Å². The molecule has 7 heteroatoms. The summed E-state index contributed by atoms with van der Waals surface area (Å²) >= 11 is 0. The maximum absolute atomic E-state index is 13.2. The molecule has 0 spiro atoms. The molecule has 0 saturated carbocycles. The predicted molar refractivity (Wildman–Crippen MR) is 118 cm³/mol. The summed E-state index contributed by atoms with van der Waals surface area (Å²) in [7, 11) is 0. The van der Waals surface area contributed by atoms with Crippen LogP contribution >= 0.6 is 0 Å². The zero-order valence-electron chi connectivity index (χ0n) is 18.3.